The molecule has 20 heavy (non-hydrogen) atoms. The summed E-state index contributed by atoms with van der Waals surface area (Å²) in [5, 5.41) is 13.4. The van der Waals surface area contributed by atoms with Gasteiger partial charge < -0.3 is 10.8 Å². The molecule has 0 bridgehead atoms. The van der Waals surface area contributed by atoms with Gasteiger partial charge in [-0.3, -0.25) is 4.79 Å². The summed E-state index contributed by atoms with van der Waals surface area (Å²) >= 11 is 0. The van der Waals surface area contributed by atoms with Crippen LogP contribution in [0.15, 0.2) is 24.3 Å². The molecular formula is C13H13FN4O2. The zero-order valence-corrected chi connectivity index (χ0v) is 10.5. The van der Waals surface area contributed by atoms with E-state index in [9.17, 15) is 14.3 Å². The summed E-state index contributed by atoms with van der Waals surface area (Å²) < 4.78 is 15.5. The van der Waals surface area contributed by atoms with Gasteiger partial charge in [0.05, 0.1) is 12.5 Å². The Bertz CT molecular complexity index is 670. The predicted octanol–water partition coefficient (Wildman–Crippen LogP) is 1.04. The van der Waals surface area contributed by atoms with E-state index in [0.717, 1.165) is 0 Å². The highest BCUT2D eigenvalue weighted by atomic mass is 19.1. The third kappa shape index (κ3) is 2.01. The Kier molecular flexibility index (Phi) is 2.89. The molecule has 104 valence electrons. The maximum atomic E-state index is 13.9. The normalized spacial score (nSPS) is 21.4. The SMILES string of the molecule is Nc1nc2n(n1)CC(c1ccccc1F)C(C(=O)O)C2. The molecule has 1 aromatic carbocycles. The molecule has 3 rings (SSSR count). The Morgan fingerprint density at radius 1 is 1.45 bits per heavy atom. The number of nitrogens with zero attached hydrogens (tertiary/aromatic N) is 3. The molecular weight excluding hydrogens is 263 g/mol. The molecule has 2 aromatic rings. The van der Waals surface area contributed by atoms with E-state index in [1.165, 1.54) is 6.07 Å². The third-order valence-corrected chi connectivity index (χ3v) is 3.64. The van der Waals surface area contributed by atoms with E-state index in [1.807, 2.05) is 0 Å². The minimum Gasteiger partial charge on any atom is -0.481 e. The smallest absolute Gasteiger partial charge is 0.307 e. The third-order valence-electron chi connectivity index (χ3n) is 3.64. The first-order valence-electron chi connectivity index (χ1n) is 6.22. The number of hydrogen-bond acceptors (Lipinski definition) is 4. The van der Waals surface area contributed by atoms with E-state index in [-0.39, 0.29) is 18.9 Å². The van der Waals surface area contributed by atoms with Gasteiger partial charge in [0, 0.05) is 12.3 Å². The van der Waals surface area contributed by atoms with Crippen molar-refractivity contribution in [1.29, 1.82) is 0 Å². The number of carboxylic acid groups (broad SMARTS) is 1. The van der Waals surface area contributed by atoms with Crippen molar-refractivity contribution in [2.45, 2.75) is 18.9 Å². The first-order valence-corrected chi connectivity index (χ1v) is 6.22. The standard InChI is InChI=1S/C13H13FN4O2/c14-10-4-2-1-3-7(10)9-6-18-11(16-13(15)17-18)5-8(9)12(19)20/h1-4,8-9H,5-6H2,(H2,15,17)(H,19,20). The van der Waals surface area contributed by atoms with Crippen molar-refractivity contribution in [2.75, 3.05) is 5.73 Å². The van der Waals surface area contributed by atoms with Gasteiger partial charge in [-0.25, -0.2) is 9.07 Å². The van der Waals surface area contributed by atoms with Crippen LogP contribution in [0.5, 0.6) is 0 Å². The minimum atomic E-state index is -0.967. The summed E-state index contributed by atoms with van der Waals surface area (Å²) in [6, 6.07) is 6.22. The lowest BCUT2D eigenvalue weighted by Gasteiger charge is -2.29. The van der Waals surface area contributed by atoms with E-state index < -0.39 is 23.6 Å². The molecule has 2 atom stereocenters. The number of aromatic nitrogens is 3. The van der Waals surface area contributed by atoms with Gasteiger partial charge in [-0.15, -0.1) is 5.10 Å². The molecule has 0 radical (unpaired) electrons. The van der Waals surface area contributed by atoms with Crippen molar-refractivity contribution in [1.82, 2.24) is 14.8 Å². The van der Waals surface area contributed by atoms with Gasteiger partial charge in [-0.1, -0.05) is 18.2 Å². The highest BCUT2D eigenvalue weighted by Crippen LogP contribution is 2.34. The summed E-state index contributed by atoms with van der Waals surface area (Å²) in [4.78, 5) is 15.5. The number of hydrogen-bond donors (Lipinski definition) is 2. The molecule has 1 aliphatic rings. The van der Waals surface area contributed by atoms with Crippen LogP contribution in [-0.2, 0) is 17.8 Å². The zero-order valence-electron chi connectivity index (χ0n) is 10.5. The van der Waals surface area contributed by atoms with Gasteiger partial charge in [-0.05, 0) is 11.6 Å². The fourth-order valence-electron chi connectivity index (χ4n) is 2.69. The summed E-state index contributed by atoms with van der Waals surface area (Å²) in [5.74, 6) is -1.95. The number of aliphatic carboxylic acids is 1. The number of anilines is 1. The van der Waals surface area contributed by atoms with E-state index in [0.29, 0.717) is 11.4 Å². The van der Waals surface area contributed by atoms with Crippen LogP contribution in [0.4, 0.5) is 10.3 Å². The van der Waals surface area contributed by atoms with Crippen LogP contribution in [0.2, 0.25) is 0 Å². The van der Waals surface area contributed by atoms with Crippen LogP contribution < -0.4 is 5.73 Å². The number of fused-ring (bicyclic) bond motifs is 1. The molecule has 1 aliphatic heterocycles. The summed E-state index contributed by atoms with van der Waals surface area (Å²) in [5.41, 5.74) is 5.92. The van der Waals surface area contributed by atoms with Crippen LogP contribution in [0.25, 0.3) is 0 Å². The maximum Gasteiger partial charge on any atom is 0.307 e. The molecule has 7 heteroatoms. The largest absolute Gasteiger partial charge is 0.481 e. The predicted molar refractivity (Wildman–Crippen MR) is 68.4 cm³/mol. The van der Waals surface area contributed by atoms with E-state index in [1.54, 1.807) is 22.9 Å². The quantitative estimate of drug-likeness (QED) is 0.854. The monoisotopic (exact) mass is 276 g/mol. The molecule has 3 N–H and O–H groups in total. The number of carboxylic acids is 1. The zero-order chi connectivity index (χ0) is 14.3. The summed E-state index contributed by atoms with van der Waals surface area (Å²) in [7, 11) is 0. The molecule has 1 aromatic heterocycles. The van der Waals surface area contributed by atoms with Crippen molar-refractivity contribution >= 4 is 11.9 Å². The molecule has 0 amide bonds. The van der Waals surface area contributed by atoms with Crippen molar-refractivity contribution in [2.24, 2.45) is 5.92 Å². The fourth-order valence-corrected chi connectivity index (χ4v) is 2.69. The first kappa shape index (κ1) is 12.6. The Morgan fingerprint density at radius 3 is 2.90 bits per heavy atom. The molecule has 0 spiro atoms. The van der Waals surface area contributed by atoms with E-state index in [2.05, 4.69) is 10.1 Å². The number of halogens is 1. The Hall–Kier alpha value is -2.44. The molecule has 2 unspecified atom stereocenters. The van der Waals surface area contributed by atoms with Crippen molar-refractivity contribution in [3.8, 4) is 0 Å². The molecule has 0 saturated heterocycles. The van der Waals surface area contributed by atoms with Crippen molar-refractivity contribution in [3.05, 3.63) is 41.5 Å². The number of rotatable bonds is 2. The van der Waals surface area contributed by atoms with Crippen LogP contribution in [0.1, 0.15) is 17.3 Å². The lowest BCUT2D eigenvalue weighted by Crippen LogP contribution is -2.34. The van der Waals surface area contributed by atoms with Crippen LogP contribution in [0, 0.1) is 11.7 Å². The highest BCUT2D eigenvalue weighted by Gasteiger charge is 2.37. The average molecular weight is 276 g/mol. The maximum absolute atomic E-state index is 13.9. The lowest BCUT2D eigenvalue weighted by molar-refractivity contribution is -0.143. The minimum absolute atomic E-state index is 0.110. The second-order valence-electron chi connectivity index (χ2n) is 4.85. The second kappa shape index (κ2) is 4.59. The number of nitrogens with two attached hydrogens (primary N) is 1. The van der Waals surface area contributed by atoms with Gasteiger partial charge in [0.2, 0.25) is 5.95 Å². The van der Waals surface area contributed by atoms with Gasteiger partial charge in [0.15, 0.2) is 0 Å². The number of nitrogen functional groups attached to an aromatic ring is 1. The van der Waals surface area contributed by atoms with Crippen LogP contribution >= 0.6 is 0 Å². The number of benzene rings is 1. The fraction of sp³-hybridized carbons (Fsp3) is 0.308. The molecule has 0 saturated carbocycles. The number of carbonyl (C=O) groups is 1. The van der Waals surface area contributed by atoms with Gasteiger partial charge in [0.25, 0.3) is 0 Å². The molecule has 2 heterocycles. The van der Waals surface area contributed by atoms with Gasteiger partial charge in [0.1, 0.15) is 11.6 Å². The van der Waals surface area contributed by atoms with E-state index >= 15 is 0 Å². The average Bonchev–Trinajstić information content (AvgIpc) is 2.77. The molecule has 6 nitrogen and oxygen atoms in total. The Morgan fingerprint density at radius 2 is 2.20 bits per heavy atom. The van der Waals surface area contributed by atoms with Gasteiger partial charge >= 0.3 is 5.97 Å². The highest BCUT2D eigenvalue weighted by molar-refractivity contribution is 5.72. The summed E-state index contributed by atoms with van der Waals surface area (Å²) in [6.07, 6.45) is 0.193. The van der Waals surface area contributed by atoms with Crippen LogP contribution in [0.3, 0.4) is 0 Å². The molecule has 0 aliphatic carbocycles. The topological polar surface area (TPSA) is 94.0 Å². The summed E-state index contributed by atoms with van der Waals surface area (Å²) in [6.45, 7) is 0.261. The van der Waals surface area contributed by atoms with Crippen LogP contribution in [-0.4, -0.2) is 25.8 Å². The van der Waals surface area contributed by atoms with Crippen molar-refractivity contribution < 1.29 is 14.3 Å². The Labute approximate surface area is 114 Å². The second-order valence-corrected chi connectivity index (χ2v) is 4.85. The van der Waals surface area contributed by atoms with Crippen molar-refractivity contribution in [3.63, 3.8) is 0 Å². The Balaban J connectivity index is 2.04. The van der Waals surface area contributed by atoms with E-state index in [4.69, 9.17) is 5.73 Å². The lowest BCUT2D eigenvalue weighted by atomic mass is 9.81. The first-order chi connectivity index (χ1) is 9.56. The van der Waals surface area contributed by atoms with Gasteiger partial charge in [-0.2, -0.15) is 4.98 Å². The molecule has 0 fully saturated rings.